The zero-order chi connectivity index (χ0) is 27.9. The third kappa shape index (κ3) is 5.57. The minimum Gasteiger partial charge on any atom is -0.406 e. The van der Waals surface area contributed by atoms with Crippen LogP contribution in [0.25, 0.3) is 0 Å². The molecule has 3 aromatic heterocycles. The Labute approximate surface area is 228 Å². The summed E-state index contributed by atoms with van der Waals surface area (Å²) in [7, 11) is 1.78. The van der Waals surface area contributed by atoms with E-state index >= 15 is 0 Å². The number of aromatic nitrogens is 5. The number of hydrogen-bond acceptors (Lipinski definition) is 6. The first kappa shape index (κ1) is 26.1. The van der Waals surface area contributed by atoms with Crippen molar-refractivity contribution in [3.8, 4) is 5.75 Å². The smallest absolute Gasteiger partial charge is 0.406 e. The first-order valence-corrected chi connectivity index (χ1v) is 13.0. The number of likely N-dealkylation sites (tertiary alicyclic amines) is 1. The molecule has 4 aromatic rings. The molecule has 1 aliphatic carbocycles. The Morgan fingerprint density at radius 1 is 1.12 bits per heavy atom. The molecule has 1 saturated carbocycles. The number of rotatable bonds is 9. The molecule has 1 amide bonds. The van der Waals surface area contributed by atoms with E-state index < -0.39 is 6.36 Å². The van der Waals surface area contributed by atoms with Crippen LogP contribution >= 0.6 is 0 Å². The summed E-state index contributed by atoms with van der Waals surface area (Å²) in [6.07, 6.45) is 3.79. The number of H-pyrrole nitrogens is 1. The Balaban J connectivity index is 1.18. The van der Waals surface area contributed by atoms with Gasteiger partial charge in [-0.2, -0.15) is 0 Å². The molecule has 0 spiro atoms. The number of nitrogens with zero attached hydrogens (tertiary/aromatic N) is 6. The molecule has 12 heteroatoms. The maximum atomic E-state index is 13.5. The fraction of sp³-hybridized carbons (Fsp3) is 0.357. The fourth-order valence-corrected chi connectivity index (χ4v) is 5.85. The van der Waals surface area contributed by atoms with Gasteiger partial charge < -0.3 is 19.2 Å². The molecule has 3 atom stereocenters. The number of carbonyl (C=O) groups excluding carboxylic acids is 1. The highest BCUT2D eigenvalue weighted by molar-refractivity contribution is 5.92. The molecular formula is C28H28F3N7O2. The van der Waals surface area contributed by atoms with Crippen molar-refractivity contribution in [3.63, 3.8) is 0 Å². The lowest BCUT2D eigenvalue weighted by molar-refractivity contribution is -0.274. The predicted molar refractivity (Wildman–Crippen MR) is 138 cm³/mol. The monoisotopic (exact) mass is 551 g/mol. The van der Waals surface area contributed by atoms with Gasteiger partial charge in [-0.05, 0) is 53.6 Å². The van der Waals surface area contributed by atoms with Crippen LogP contribution < -0.4 is 4.74 Å². The van der Waals surface area contributed by atoms with Crippen molar-refractivity contribution in [2.45, 2.75) is 18.9 Å². The summed E-state index contributed by atoms with van der Waals surface area (Å²) >= 11 is 0. The second kappa shape index (κ2) is 10.4. The van der Waals surface area contributed by atoms with Gasteiger partial charge in [0.2, 0.25) is 0 Å². The highest BCUT2D eigenvalue weighted by Gasteiger charge is 2.57. The van der Waals surface area contributed by atoms with E-state index in [0.29, 0.717) is 29.6 Å². The lowest BCUT2D eigenvalue weighted by Gasteiger charge is -2.29. The molecule has 3 unspecified atom stereocenters. The van der Waals surface area contributed by atoms with E-state index in [1.165, 1.54) is 18.2 Å². The topological polar surface area (TPSA) is 92.2 Å². The van der Waals surface area contributed by atoms with Crippen LogP contribution in [0.2, 0.25) is 0 Å². The molecule has 40 heavy (non-hydrogen) atoms. The number of piperidine rings is 1. The van der Waals surface area contributed by atoms with Gasteiger partial charge in [0.25, 0.3) is 5.91 Å². The van der Waals surface area contributed by atoms with Crippen molar-refractivity contribution in [2.24, 2.45) is 24.8 Å². The van der Waals surface area contributed by atoms with Crippen LogP contribution in [0.5, 0.6) is 5.75 Å². The number of imidazole rings is 1. The number of hydrogen-bond donors (Lipinski definition) is 1. The normalized spacial score (nSPS) is 21.1. The van der Waals surface area contributed by atoms with Gasteiger partial charge in [0.1, 0.15) is 17.5 Å². The Kier molecular flexibility index (Phi) is 6.78. The summed E-state index contributed by atoms with van der Waals surface area (Å²) in [6.45, 7) is 2.29. The highest BCUT2D eigenvalue weighted by atomic mass is 19.4. The molecule has 2 aliphatic rings. The van der Waals surface area contributed by atoms with Crippen molar-refractivity contribution in [3.05, 3.63) is 96.4 Å². The lowest BCUT2D eigenvalue weighted by Crippen LogP contribution is -2.36. The maximum absolute atomic E-state index is 13.5. The van der Waals surface area contributed by atoms with Crippen molar-refractivity contribution >= 4 is 5.91 Å². The number of nitrogens with one attached hydrogen (secondary N) is 1. The first-order valence-electron chi connectivity index (χ1n) is 13.0. The summed E-state index contributed by atoms with van der Waals surface area (Å²) < 4.78 is 44.1. The van der Waals surface area contributed by atoms with Crippen molar-refractivity contribution in [1.82, 2.24) is 34.3 Å². The van der Waals surface area contributed by atoms with Crippen LogP contribution in [0, 0.1) is 17.8 Å². The molecule has 1 saturated heterocycles. The van der Waals surface area contributed by atoms with Gasteiger partial charge in [-0.1, -0.05) is 12.1 Å². The molecule has 2 fully saturated rings. The number of amides is 1. The molecule has 6 rings (SSSR count). The summed E-state index contributed by atoms with van der Waals surface area (Å²) in [5.74, 6) is 1.22. The van der Waals surface area contributed by atoms with Crippen molar-refractivity contribution in [2.75, 3.05) is 19.6 Å². The zero-order valence-electron chi connectivity index (χ0n) is 21.7. The third-order valence-corrected chi connectivity index (χ3v) is 7.66. The molecular weight excluding hydrogens is 523 g/mol. The number of alkyl halides is 3. The van der Waals surface area contributed by atoms with E-state index in [2.05, 4.69) is 29.6 Å². The number of halogens is 3. The molecule has 1 N–H and O–H groups in total. The largest absolute Gasteiger partial charge is 0.573 e. The lowest BCUT2D eigenvalue weighted by atomic mass is 10.1. The van der Waals surface area contributed by atoms with Gasteiger partial charge in [-0.25, -0.2) is 15.0 Å². The molecule has 4 heterocycles. The van der Waals surface area contributed by atoms with E-state index in [-0.39, 0.29) is 30.2 Å². The SMILES string of the molecule is Cn1cnc(C(=O)N(Cc2cccc(OC(F)(F)F)c2)CC2C3CN(C(c4ncccn4)c4ccc[nH]4)CC23)c1. The summed E-state index contributed by atoms with van der Waals surface area (Å²) in [5, 5.41) is 0. The average molecular weight is 552 g/mol. The summed E-state index contributed by atoms with van der Waals surface area (Å²) in [5.41, 5.74) is 1.87. The highest BCUT2D eigenvalue weighted by Crippen LogP contribution is 2.54. The average Bonchev–Trinajstić information content (AvgIpc) is 3.43. The van der Waals surface area contributed by atoms with Crippen LogP contribution in [-0.2, 0) is 13.6 Å². The Hall–Kier alpha value is -4.19. The molecule has 0 radical (unpaired) electrons. The number of fused-ring (bicyclic) bond motifs is 1. The van der Waals surface area contributed by atoms with Gasteiger partial charge >= 0.3 is 6.36 Å². The third-order valence-electron chi connectivity index (χ3n) is 7.66. The number of ether oxygens (including phenoxy) is 1. The Bertz CT molecular complexity index is 1450. The first-order chi connectivity index (χ1) is 19.2. The number of aromatic amines is 1. The molecule has 0 bridgehead atoms. The second-order valence-corrected chi connectivity index (χ2v) is 10.4. The zero-order valence-corrected chi connectivity index (χ0v) is 21.7. The minimum atomic E-state index is -4.79. The van der Waals surface area contributed by atoms with E-state index in [9.17, 15) is 18.0 Å². The van der Waals surface area contributed by atoms with Gasteiger partial charge in [0, 0.05) is 63.7 Å². The number of carbonyl (C=O) groups is 1. The van der Waals surface area contributed by atoms with Crippen molar-refractivity contribution < 1.29 is 22.7 Å². The van der Waals surface area contributed by atoms with Gasteiger partial charge in [0.05, 0.1) is 6.33 Å². The number of benzene rings is 1. The standard InChI is InChI=1S/C28H28F3N7O2/c1-36-16-24(35-17-36)27(39)38(12-18-5-2-6-19(11-18)40-28(29,30)31)15-22-20-13-37(14-21(20)22)25(23-7-3-8-32-23)26-33-9-4-10-34-26/h2-11,16-17,20-22,25,32H,12-15H2,1H3. The van der Waals surface area contributed by atoms with Crippen LogP contribution in [-0.4, -0.2) is 66.2 Å². The van der Waals surface area contributed by atoms with E-state index in [1.54, 1.807) is 53.6 Å². The second-order valence-electron chi connectivity index (χ2n) is 10.4. The quantitative estimate of drug-likeness (QED) is 0.338. The van der Waals surface area contributed by atoms with Gasteiger partial charge in [-0.15, -0.1) is 13.2 Å². The van der Waals surface area contributed by atoms with Crippen LogP contribution in [0.4, 0.5) is 13.2 Å². The molecule has 1 aliphatic heterocycles. The van der Waals surface area contributed by atoms with Gasteiger partial charge in [-0.3, -0.25) is 9.69 Å². The summed E-state index contributed by atoms with van der Waals surface area (Å²) in [4.78, 5) is 34.1. The fourth-order valence-electron chi connectivity index (χ4n) is 5.85. The Morgan fingerprint density at radius 2 is 1.90 bits per heavy atom. The Morgan fingerprint density at radius 3 is 2.55 bits per heavy atom. The van der Waals surface area contributed by atoms with Gasteiger partial charge in [0.15, 0.2) is 5.82 Å². The van der Waals surface area contributed by atoms with E-state index in [1.807, 2.05) is 18.3 Å². The predicted octanol–water partition coefficient (Wildman–Crippen LogP) is 4.05. The van der Waals surface area contributed by atoms with E-state index in [4.69, 9.17) is 0 Å². The maximum Gasteiger partial charge on any atom is 0.573 e. The van der Waals surface area contributed by atoms with Crippen LogP contribution in [0.1, 0.15) is 33.6 Å². The number of aryl methyl sites for hydroxylation is 1. The van der Waals surface area contributed by atoms with Crippen LogP contribution in [0.3, 0.4) is 0 Å². The van der Waals surface area contributed by atoms with Crippen LogP contribution in [0.15, 0.2) is 73.6 Å². The summed E-state index contributed by atoms with van der Waals surface area (Å²) in [6, 6.07) is 11.5. The molecule has 9 nitrogen and oxygen atoms in total. The van der Waals surface area contributed by atoms with E-state index in [0.717, 1.165) is 24.6 Å². The van der Waals surface area contributed by atoms with Crippen molar-refractivity contribution in [1.29, 1.82) is 0 Å². The minimum absolute atomic E-state index is 0.0905. The molecule has 1 aromatic carbocycles. The molecule has 208 valence electrons.